The number of hydrogen-bond donors (Lipinski definition) is 1. The van der Waals surface area contributed by atoms with Crippen molar-refractivity contribution in [2.24, 2.45) is 0 Å². The lowest BCUT2D eigenvalue weighted by atomic mass is 9.94. The molecule has 8 rings (SSSR count). The molecule has 1 N–H and O–H groups in total. The third-order valence-electron chi connectivity index (χ3n) is 11.5. The summed E-state index contributed by atoms with van der Waals surface area (Å²) >= 11 is 0. The summed E-state index contributed by atoms with van der Waals surface area (Å²) in [5.74, 6) is 1.72. The number of piperidine rings is 1. The first-order valence-corrected chi connectivity index (χ1v) is 19.6. The maximum atomic E-state index is 17.3. The fourth-order valence-corrected chi connectivity index (χ4v) is 8.78. The second-order valence-corrected chi connectivity index (χ2v) is 15.6. The van der Waals surface area contributed by atoms with Gasteiger partial charge in [-0.25, -0.2) is 13.6 Å². The second kappa shape index (κ2) is 16.4. The minimum absolute atomic E-state index is 0.0533. The number of fused-ring (bicyclic) bond motifs is 3. The largest absolute Gasteiger partial charge is 0.513 e. The molecule has 60 heavy (non-hydrogen) atoms. The first-order valence-electron chi connectivity index (χ1n) is 19.6. The molecule has 0 amide bonds. The summed E-state index contributed by atoms with van der Waals surface area (Å²) in [4.78, 5) is 41.1. The van der Waals surface area contributed by atoms with Crippen LogP contribution in [0.3, 0.4) is 0 Å². The molecule has 2 aromatic heterocycles. The number of non-ortho nitro benzene ring substituents is 1. The summed E-state index contributed by atoms with van der Waals surface area (Å²) in [6.45, 7) is 3.35. The van der Waals surface area contributed by atoms with Crippen molar-refractivity contribution in [1.82, 2.24) is 19.9 Å². The number of nitro groups is 1. The number of terminal acetylenes is 1. The van der Waals surface area contributed by atoms with E-state index >= 15 is 8.78 Å². The molecule has 0 radical (unpaired) electrons. The molecule has 3 atom stereocenters. The molecule has 3 aromatic carbocycles. The Bertz CT molecular complexity index is 2520. The standard InChI is InChI=1S/C43H42F2N6O9/c1-4-31-34(44)12-7-26-19-30(59-25-56-3)20-32(35(26)31)37-36(45)38-33(21-46-37)39(49-17-5-14-42(2,53)23-49)48-40(47-38)58-24-43-15-6-18-50(43)28(13-16-43)22-57-41(52)60-29-10-8-27(9-11-29)51(54)55/h1,7-12,19-21,28,53H,5-6,13-18,22-25H2,2-3H3/t28-,42+,43-/m0/s1. The van der Waals surface area contributed by atoms with Crippen molar-refractivity contribution in [2.45, 2.75) is 62.6 Å². The van der Waals surface area contributed by atoms with Gasteiger partial charge in [-0.05, 0) is 87.7 Å². The van der Waals surface area contributed by atoms with Crippen LogP contribution in [-0.4, -0.2) is 100.0 Å². The number of aromatic nitrogens is 3. The molecule has 3 saturated heterocycles. The molecule has 3 aliphatic heterocycles. The van der Waals surface area contributed by atoms with Gasteiger partial charge < -0.3 is 33.7 Å². The Hall–Kier alpha value is -6.22. The maximum Gasteiger partial charge on any atom is 0.513 e. The van der Waals surface area contributed by atoms with E-state index in [1.165, 1.54) is 55.8 Å². The molecule has 5 aromatic rings. The highest BCUT2D eigenvalue weighted by atomic mass is 19.1. The molecular weight excluding hydrogens is 783 g/mol. The van der Waals surface area contributed by atoms with Gasteiger partial charge in [-0.3, -0.25) is 20.0 Å². The van der Waals surface area contributed by atoms with E-state index in [0.29, 0.717) is 48.1 Å². The summed E-state index contributed by atoms with van der Waals surface area (Å²) in [6, 6.07) is 10.9. The summed E-state index contributed by atoms with van der Waals surface area (Å²) in [5, 5.41) is 23.1. The van der Waals surface area contributed by atoms with Crippen LogP contribution in [0.15, 0.2) is 54.7 Å². The molecular formula is C43H42F2N6O9. The van der Waals surface area contributed by atoms with Crippen LogP contribution in [0.4, 0.5) is 25.1 Å². The minimum atomic E-state index is -1.03. The van der Waals surface area contributed by atoms with Crippen LogP contribution < -0.4 is 19.1 Å². The van der Waals surface area contributed by atoms with Crippen molar-refractivity contribution in [3.8, 4) is 41.1 Å². The number of aliphatic hydroxyl groups is 1. The van der Waals surface area contributed by atoms with Gasteiger partial charge in [-0.15, -0.1) is 6.42 Å². The molecule has 0 unspecified atom stereocenters. The molecule has 3 fully saturated rings. The van der Waals surface area contributed by atoms with Crippen LogP contribution in [0.2, 0.25) is 0 Å². The fourth-order valence-electron chi connectivity index (χ4n) is 8.78. The lowest BCUT2D eigenvalue weighted by molar-refractivity contribution is -0.384. The molecule has 0 bridgehead atoms. The zero-order valence-electron chi connectivity index (χ0n) is 33.0. The number of methoxy groups -OCH3 is 1. The van der Waals surface area contributed by atoms with E-state index in [9.17, 15) is 20.0 Å². The quantitative estimate of drug-likeness (QED) is 0.0343. The number of carbonyl (C=O) groups is 1. The number of β-amino-alcohol motifs (C(OH)–C–C–N with tert-alkyl or cyclic N) is 1. The van der Waals surface area contributed by atoms with Gasteiger partial charge in [0.1, 0.15) is 47.6 Å². The highest BCUT2D eigenvalue weighted by molar-refractivity contribution is 6.03. The number of rotatable bonds is 12. The van der Waals surface area contributed by atoms with Crippen molar-refractivity contribution in [1.29, 1.82) is 0 Å². The number of benzene rings is 3. The van der Waals surface area contributed by atoms with Gasteiger partial charge in [0.25, 0.3) is 5.69 Å². The van der Waals surface area contributed by atoms with Crippen molar-refractivity contribution in [3.63, 3.8) is 0 Å². The Kier molecular flexibility index (Phi) is 11.1. The Labute approximate surface area is 343 Å². The molecule has 15 nitrogen and oxygen atoms in total. The van der Waals surface area contributed by atoms with Crippen molar-refractivity contribution in [3.05, 3.63) is 82.0 Å². The number of nitro benzene ring substituents is 1. The third kappa shape index (κ3) is 7.93. The zero-order chi connectivity index (χ0) is 42.2. The van der Waals surface area contributed by atoms with Gasteiger partial charge in [-0.1, -0.05) is 12.0 Å². The predicted molar refractivity (Wildman–Crippen MR) is 215 cm³/mol. The van der Waals surface area contributed by atoms with Crippen LogP contribution in [-0.2, 0) is 9.47 Å². The summed E-state index contributed by atoms with van der Waals surface area (Å²) in [5.41, 5.74) is -1.72. The third-order valence-corrected chi connectivity index (χ3v) is 11.5. The van der Waals surface area contributed by atoms with Crippen LogP contribution in [0, 0.1) is 34.1 Å². The van der Waals surface area contributed by atoms with Crippen LogP contribution >= 0.6 is 0 Å². The number of hydrogen-bond acceptors (Lipinski definition) is 14. The Morgan fingerprint density at radius 2 is 1.87 bits per heavy atom. The highest BCUT2D eigenvalue weighted by Crippen LogP contribution is 2.44. The number of carbonyl (C=O) groups excluding carboxylic acids is 1. The van der Waals surface area contributed by atoms with Gasteiger partial charge in [0, 0.05) is 55.5 Å². The molecule has 312 valence electrons. The Morgan fingerprint density at radius 1 is 1.07 bits per heavy atom. The van der Waals surface area contributed by atoms with E-state index in [1.54, 1.807) is 13.0 Å². The molecule has 0 saturated carbocycles. The number of nitrogens with zero attached hydrogens (tertiary/aromatic N) is 6. The van der Waals surface area contributed by atoms with Crippen molar-refractivity contribution < 1.29 is 47.3 Å². The lowest BCUT2D eigenvalue weighted by Crippen LogP contribution is -2.48. The van der Waals surface area contributed by atoms with E-state index < -0.39 is 33.9 Å². The molecule has 3 aliphatic rings. The molecule has 5 heterocycles. The topological polar surface area (TPSA) is 172 Å². The van der Waals surface area contributed by atoms with Gasteiger partial charge in [-0.2, -0.15) is 9.97 Å². The van der Waals surface area contributed by atoms with Gasteiger partial charge in [0.15, 0.2) is 12.6 Å². The van der Waals surface area contributed by atoms with Crippen LogP contribution in [0.1, 0.15) is 51.0 Å². The SMILES string of the molecule is C#Cc1c(F)ccc2cc(OCOC)cc(-c3ncc4c(N5CCC[C@@](C)(O)C5)nc(OC[C@@]56CCCN5[C@H](COC(=O)Oc5ccc([N+](=O)[O-])cc5)CC6)nc4c3F)c12. The molecule has 17 heteroatoms. The normalized spacial score (nSPS) is 21.5. The smallest absolute Gasteiger partial charge is 0.468 e. The number of pyridine rings is 1. The van der Waals surface area contributed by atoms with Gasteiger partial charge >= 0.3 is 12.2 Å². The number of halogens is 2. The maximum absolute atomic E-state index is 17.3. The molecule has 0 spiro atoms. The average molecular weight is 825 g/mol. The van der Waals surface area contributed by atoms with E-state index in [1.807, 2.05) is 4.90 Å². The second-order valence-electron chi connectivity index (χ2n) is 15.6. The van der Waals surface area contributed by atoms with E-state index in [4.69, 9.17) is 35.1 Å². The summed E-state index contributed by atoms with van der Waals surface area (Å²) in [7, 11) is 1.47. The van der Waals surface area contributed by atoms with Crippen LogP contribution in [0.25, 0.3) is 32.9 Å². The minimum Gasteiger partial charge on any atom is -0.468 e. The van der Waals surface area contributed by atoms with Crippen molar-refractivity contribution in [2.75, 3.05) is 51.7 Å². The first kappa shape index (κ1) is 40.6. The predicted octanol–water partition coefficient (Wildman–Crippen LogP) is 6.94. The average Bonchev–Trinajstić information content (AvgIpc) is 3.80. The van der Waals surface area contributed by atoms with Gasteiger partial charge in [0.05, 0.1) is 27.0 Å². The summed E-state index contributed by atoms with van der Waals surface area (Å²) < 4.78 is 60.4. The van der Waals surface area contributed by atoms with E-state index in [0.717, 1.165) is 25.8 Å². The van der Waals surface area contributed by atoms with Gasteiger partial charge in [0.2, 0.25) is 0 Å². The highest BCUT2D eigenvalue weighted by Gasteiger charge is 2.50. The lowest BCUT2D eigenvalue weighted by Gasteiger charge is -2.38. The first-order chi connectivity index (χ1) is 28.9. The Morgan fingerprint density at radius 3 is 2.62 bits per heavy atom. The van der Waals surface area contributed by atoms with Crippen LogP contribution in [0.5, 0.6) is 17.5 Å². The Balaban J connectivity index is 1.10. The van der Waals surface area contributed by atoms with E-state index in [-0.39, 0.29) is 77.8 Å². The number of anilines is 1. The van der Waals surface area contributed by atoms with E-state index in [2.05, 4.69) is 20.8 Å². The molecule has 0 aliphatic carbocycles. The van der Waals surface area contributed by atoms with Crippen molar-refractivity contribution >= 4 is 39.3 Å². The number of ether oxygens (including phenoxy) is 5. The zero-order valence-corrected chi connectivity index (χ0v) is 33.0. The summed E-state index contributed by atoms with van der Waals surface area (Å²) in [6.07, 6.45) is 10.6. The monoisotopic (exact) mass is 824 g/mol. The fraction of sp³-hybridized carbons (Fsp3) is 0.395.